The lowest BCUT2D eigenvalue weighted by Crippen LogP contribution is -2.30. The molecule has 3 rings (SSSR count). The van der Waals surface area contributed by atoms with Gasteiger partial charge in [-0.2, -0.15) is 4.37 Å². The number of carbonyl (C=O) groups excluding carboxylic acids is 1. The van der Waals surface area contributed by atoms with Crippen LogP contribution in [0.2, 0.25) is 0 Å². The molecule has 0 bridgehead atoms. The molecule has 1 unspecified atom stereocenters. The molecule has 2 aromatic rings. The van der Waals surface area contributed by atoms with Crippen LogP contribution in [0.4, 0.5) is 5.69 Å². The van der Waals surface area contributed by atoms with Gasteiger partial charge < -0.3 is 10.1 Å². The van der Waals surface area contributed by atoms with E-state index in [0.717, 1.165) is 43.0 Å². The van der Waals surface area contributed by atoms with Gasteiger partial charge in [0.15, 0.2) is 0 Å². The summed E-state index contributed by atoms with van der Waals surface area (Å²) in [5.41, 5.74) is 2.68. The van der Waals surface area contributed by atoms with Gasteiger partial charge in [-0.15, -0.1) is 0 Å². The second-order valence-corrected chi connectivity index (χ2v) is 6.30. The molecule has 4 nitrogen and oxygen atoms in total. The number of anilines is 1. The van der Waals surface area contributed by atoms with Crippen LogP contribution in [-0.4, -0.2) is 23.5 Å². The van der Waals surface area contributed by atoms with Crippen molar-refractivity contribution in [2.45, 2.75) is 19.8 Å². The fourth-order valence-corrected chi connectivity index (χ4v) is 3.44. The number of nitrogens with one attached hydrogen (secondary N) is 1. The zero-order valence-electron chi connectivity index (χ0n) is 12.6. The first-order chi connectivity index (χ1) is 10.8. The summed E-state index contributed by atoms with van der Waals surface area (Å²) >= 11 is 1.37. The highest BCUT2D eigenvalue weighted by atomic mass is 32.1. The van der Waals surface area contributed by atoms with Crippen molar-refractivity contribution in [3.8, 4) is 11.3 Å². The Labute approximate surface area is 134 Å². The van der Waals surface area contributed by atoms with Crippen LogP contribution in [0.25, 0.3) is 11.3 Å². The van der Waals surface area contributed by atoms with E-state index in [4.69, 9.17) is 4.74 Å². The monoisotopic (exact) mass is 316 g/mol. The zero-order valence-corrected chi connectivity index (χ0v) is 13.4. The molecular weight excluding hydrogens is 296 g/mol. The number of aromatic nitrogens is 1. The van der Waals surface area contributed by atoms with E-state index in [-0.39, 0.29) is 11.8 Å². The van der Waals surface area contributed by atoms with E-state index >= 15 is 0 Å². The zero-order chi connectivity index (χ0) is 15.4. The van der Waals surface area contributed by atoms with Crippen LogP contribution in [0.5, 0.6) is 0 Å². The number of hydrogen-bond donors (Lipinski definition) is 1. The minimum Gasteiger partial charge on any atom is -0.381 e. The Kier molecular flexibility index (Phi) is 4.85. The standard InChI is InChI=1S/C17H20N2O2S/c1-12(13-7-9-21-10-8-13)17(20)18-15-11-22-19-16(15)14-5-3-2-4-6-14/h2-6,11-13H,7-10H2,1H3,(H,18,20). The Morgan fingerprint density at radius 1 is 1.32 bits per heavy atom. The largest absolute Gasteiger partial charge is 0.381 e. The highest BCUT2D eigenvalue weighted by molar-refractivity contribution is 7.04. The lowest BCUT2D eigenvalue weighted by atomic mass is 9.86. The van der Waals surface area contributed by atoms with Crippen molar-refractivity contribution in [3.05, 3.63) is 35.7 Å². The molecule has 1 atom stereocenters. The molecule has 1 fully saturated rings. The summed E-state index contributed by atoms with van der Waals surface area (Å²) in [6.07, 6.45) is 1.92. The molecule has 5 heteroatoms. The van der Waals surface area contributed by atoms with Crippen molar-refractivity contribution >= 4 is 23.1 Å². The van der Waals surface area contributed by atoms with Gasteiger partial charge in [0, 0.05) is 30.1 Å². The second kappa shape index (κ2) is 7.03. The summed E-state index contributed by atoms with van der Waals surface area (Å²) in [6.45, 7) is 3.53. The number of ether oxygens (including phenoxy) is 1. The first kappa shape index (κ1) is 15.2. The van der Waals surface area contributed by atoms with E-state index in [9.17, 15) is 4.79 Å². The van der Waals surface area contributed by atoms with E-state index in [1.165, 1.54) is 11.5 Å². The van der Waals surface area contributed by atoms with E-state index < -0.39 is 0 Å². The predicted octanol–water partition coefficient (Wildman–Crippen LogP) is 3.81. The third kappa shape index (κ3) is 3.36. The molecule has 1 aromatic heterocycles. The van der Waals surface area contributed by atoms with Crippen molar-refractivity contribution in [2.75, 3.05) is 18.5 Å². The molecule has 0 aliphatic carbocycles. The van der Waals surface area contributed by atoms with Crippen LogP contribution in [0.3, 0.4) is 0 Å². The Balaban J connectivity index is 1.71. The van der Waals surface area contributed by atoms with E-state index in [1.54, 1.807) is 0 Å². The number of benzene rings is 1. The Bertz CT molecular complexity index is 621. The summed E-state index contributed by atoms with van der Waals surface area (Å²) < 4.78 is 9.79. The average Bonchev–Trinajstić information content (AvgIpc) is 3.04. The maximum atomic E-state index is 12.5. The molecular formula is C17H20N2O2S. The molecule has 0 radical (unpaired) electrons. The van der Waals surface area contributed by atoms with Gasteiger partial charge in [0.1, 0.15) is 5.69 Å². The maximum absolute atomic E-state index is 12.5. The first-order valence-corrected chi connectivity index (χ1v) is 8.48. The summed E-state index contributed by atoms with van der Waals surface area (Å²) in [4.78, 5) is 12.5. The molecule has 1 amide bonds. The van der Waals surface area contributed by atoms with Gasteiger partial charge in [-0.3, -0.25) is 4.79 Å². The van der Waals surface area contributed by atoms with Crippen molar-refractivity contribution in [1.29, 1.82) is 0 Å². The highest BCUT2D eigenvalue weighted by Gasteiger charge is 2.26. The summed E-state index contributed by atoms with van der Waals surface area (Å²) in [7, 11) is 0. The number of hydrogen-bond acceptors (Lipinski definition) is 4. The molecule has 1 aliphatic heterocycles. The van der Waals surface area contributed by atoms with Gasteiger partial charge in [0.2, 0.25) is 5.91 Å². The van der Waals surface area contributed by atoms with Crippen LogP contribution in [0, 0.1) is 11.8 Å². The number of nitrogens with zero attached hydrogens (tertiary/aromatic N) is 1. The third-order valence-electron chi connectivity index (χ3n) is 4.26. The van der Waals surface area contributed by atoms with Crippen molar-refractivity contribution < 1.29 is 9.53 Å². The fraction of sp³-hybridized carbons (Fsp3) is 0.412. The highest BCUT2D eigenvalue weighted by Crippen LogP contribution is 2.30. The van der Waals surface area contributed by atoms with Crippen LogP contribution in [0.1, 0.15) is 19.8 Å². The lowest BCUT2D eigenvalue weighted by molar-refractivity contribution is -0.122. The minimum absolute atomic E-state index is 0.00702. The van der Waals surface area contributed by atoms with E-state index in [1.807, 2.05) is 42.6 Å². The Hall–Kier alpha value is -1.72. The molecule has 1 aliphatic rings. The third-order valence-corrected chi connectivity index (χ3v) is 4.89. The van der Waals surface area contributed by atoms with Crippen molar-refractivity contribution in [2.24, 2.45) is 11.8 Å². The number of amides is 1. The van der Waals surface area contributed by atoms with Gasteiger partial charge in [-0.05, 0) is 30.3 Å². The SMILES string of the molecule is CC(C(=O)Nc1csnc1-c1ccccc1)C1CCOCC1. The van der Waals surface area contributed by atoms with Crippen molar-refractivity contribution in [3.63, 3.8) is 0 Å². The van der Waals surface area contributed by atoms with Crippen LogP contribution < -0.4 is 5.32 Å². The van der Waals surface area contributed by atoms with Gasteiger partial charge >= 0.3 is 0 Å². The topological polar surface area (TPSA) is 51.2 Å². The number of rotatable bonds is 4. The molecule has 1 aromatic carbocycles. The predicted molar refractivity (Wildman–Crippen MR) is 88.9 cm³/mol. The van der Waals surface area contributed by atoms with E-state index in [0.29, 0.717) is 5.92 Å². The first-order valence-electron chi connectivity index (χ1n) is 7.64. The minimum atomic E-state index is -0.00702. The van der Waals surface area contributed by atoms with Gasteiger partial charge in [0.25, 0.3) is 0 Å². The molecule has 1 N–H and O–H groups in total. The number of carbonyl (C=O) groups is 1. The smallest absolute Gasteiger partial charge is 0.227 e. The normalized spacial score (nSPS) is 17.1. The second-order valence-electron chi connectivity index (χ2n) is 5.67. The summed E-state index contributed by atoms with van der Waals surface area (Å²) in [5, 5.41) is 4.95. The molecule has 1 saturated heterocycles. The molecule has 116 valence electrons. The molecule has 0 spiro atoms. The van der Waals surface area contributed by atoms with Gasteiger partial charge in [0.05, 0.1) is 5.69 Å². The van der Waals surface area contributed by atoms with Crippen LogP contribution in [-0.2, 0) is 9.53 Å². The maximum Gasteiger partial charge on any atom is 0.227 e. The molecule has 2 heterocycles. The summed E-state index contributed by atoms with van der Waals surface area (Å²) in [6, 6.07) is 9.94. The van der Waals surface area contributed by atoms with Crippen LogP contribution in [0.15, 0.2) is 35.7 Å². The average molecular weight is 316 g/mol. The van der Waals surface area contributed by atoms with Crippen molar-refractivity contribution in [1.82, 2.24) is 4.37 Å². The Morgan fingerprint density at radius 2 is 2.05 bits per heavy atom. The van der Waals surface area contributed by atoms with E-state index in [2.05, 4.69) is 9.69 Å². The molecule has 0 saturated carbocycles. The summed E-state index contributed by atoms with van der Waals surface area (Å²) in [5.74, 6) is 0.470. The van der Waals surface area contributed by atoms with Crippen LogP contribution >= 0.6 is 11.5 Å². The fourth-order valence-electron chi connectivity index (χ4n) is 2.81. The lowest BCUT2D eigenvalue weighted by Gasteiger charge is -2.26. The quantitative estimate of drug-likeness (QED) is 0.933. The molecule has 22 heavy (non-hydrogen) atoms. The van der Waals surface area contributed by atoms with Gasteiger partial charge in [-0.25, -0.2) is 0 Å². The van der Waals surface area contributed by atoms with Gasteiger partial charge in [-0.1, -0.05) is 37.3 Å². The Morgan fingerprint density at radius 3 is 2.77 bits per heavy atom.